The lowest BCUT2D eigenvalue weighted by atomic mass is 9.60. The van der Waals surface area contributed by atoms with Crippen molar-refractivity contribution in [3.05, 3.63) is 35.5 Å². The topological polar surface area (TPSA) is 60.7 Å². The molecule has 0 saturated heterocycles. The fourth-order valence-electron chi connectivity index (χ4n) is 6.74. The summed E-state index contributed by atoms with van der Waals surface area (Å²) in [5, 5.41) is 30.2. The number of aliphatic hydroxyl groups excluding tert-OH is 2. The summed E-state index contributed by atoms with van der Waals surface area (Å²) in [4.78, 5) is 0. The van der Waals surface area contributed by atoms with Crippen molar-refractivity contribution in [1.82, 2.24) is 0 Å². The standard InChI is InChI=1S/C27H44O3/c1-18(8-6-14-26(3,4)30)23-12-13-24-20(9-7-15-27(23,24)5)10-11-21-16-22(28)17-25(29)19(21)2/h10-11,18,22-25,28-30H,2,6-9,12-17H2,1,3-5H3/b20-10?,21-11-/t18-,22+,23-,24+,25+,27-/m1/s1. The van der Waals surface area contributed by atoms with E-state index >= 15 is 0 Å². The van der Waals surface area contributed by atoms with Crippen molar-refractivity contribution in [2.45, 2.75) is 110 Å². The molecule has 3 fully saturated rings. The summed E-state index contributed by atoms with van der Waals surface area (Å²) < 4.78 is 0. The number of allylic oxidation sites excluding steroid dienone is 3. The van der Waals surface area contributed by atoms with E-state index in [4.69, 9.17) is 0 Å². The highest BCUT2D eigenvalue weighted by molar-refractivity contribution is 5.38. The van der Waals surface area contributed by atoms with Gasteiger partial charge in [-0.05, 0) is 93.1 Å². The van der Waals surface area contributed by atoms with E-state index in [0.29, 0.717) is 30.1 Å². The van der Waals surface area contributed by atoms with E-state index in [-0.39, 0.29) is 0 Å². The van der Waals surface area contributed by atoms with E-state index in [1.807, 2.05) is 13.8 Å². The summed E-state index contributed by atoms with van der Waals surface area (Å²) in [5.74, 6) is 2.11. The maximum Gasteiger partial charge on any atom is 0.0811 e. The summed E-state index contributed by atoms with van der Waals surface area (Å²) in [6, 6.07) is 0. The molecule has 0 aromatic rings. The van der Waals surface area contributed by atoms with Crippen LogP contribution in [0.5, 0.6) is 0 Å². The minimum absolute atomic E-state index is 0.374. The van der Waals surface area contributed by atoms with Gasteiger partial charge in [0.1, 0.15) is 0 Å². The van der Waals surface area contributed by atoms with E-state index < -0.39 is 17.8 Å². The molecule has 6 atom stereocenters. The molecule has 3 N–H and O–H groups in total. The Morgan fingerprint density at radius 1 is 1.23 bits per heavy atom. The van der Waals surface area contributed by atoms with Gasteiger partial charge >= 0.3 is 0 Å². The van der Waals surface area contributed by atoms with E-state index in [0.717, 1.165) is 29.9 Å². The van der Waals surface area contributed by atoms with E-state index in [1.165, 1.54) is 38.5 Å². The molecule has 0 bridgehead atoms. The van der Waals surface area contributed by atoms with Crippen LogP contribution in [0.25, 0.3) is 0 Å². The summed E-state index contributed by atoms with van der Waals surface area (Å²) in [5.41, 5.74) is 3.17. The van der Waals surface area contributed by atoms with Crippen LogP contribution in [0.4, 0.5) is 0 Å². The third-order valence-electron chi connectivity index (χ3n) is 8.44. The van der Waals surface area contributed by atoms with Crippen LogP contribution in [-0.2, 0) is 0 Å². The van der Waals surface area contributed by atoms with Gasteiger partial charge in [0.05, 0.1) is 17.8 Å². The van der Waals surface area contributed by atoms with Crippen molar-refractivity contribution in [1.29, 1.82) is 0 Å². The van der Waals surface area contributed by atoms with Crippen LogP contribution in [0.15, 0.2) is 35.5 Å². The van der Waals surface area contributed by atoms with Crippen LogP contribution in [0.3, 0.4) is 0 Å². The average Bonchev–Trinajstić information content (AvgIpc) is 3.00. The lowest BCUT2D eigenvalue weighted by Crippen LogP contribution is -2.36. The van der Waals surface area contributed by atoms with Crippen molar-refractivity contribution in [2.24, 2.45) is 23.2 Å². The molecule has 3 saturated carbocycles. The third kappa shape index (κ3) is 5.29. The zero-order chi connectivity index (χ0) is 22.1. The molecule has 3 heteroatoms. The average molecular weight is 417 g/mol. The van der Waals surface area contributed by atoms with Gasteiger partial charge in [-0.2, -0.15) is 0 Å². The highest BCUT2D eigenvalue weighted by Gasteiger charge is 2.50. The Balaban J connectivity index is 1.70. The van der Waals surface area contributed by atoms with Gasteiger partial charge in [0, 0.05) is 6.42 Å². The Kier molecular flexibility index (Phi) is 7.37. The van der Waals surface area contributed by atoms with Crippen molar-refractivity contribution in [3.63, 3.8) is 0 Å². The van der Waals surface area contributed by atoms with Crippen LogP contribution >= 0.6 is 0 Å². The maximum atomic E-state index is 10.1. The predicted octanol–water partition coefficient (Wildman–Crippen LogP) is 5.70. The van der Waals surface area contributed by atoms with Crippen LogP contribution in [0, 0.1) is 23.2 Å². The van der Waals surface area contributed by atoms with E-state index in [1.54, 1.807) is 5.57 Å². The molecule has 30 heavy (non-hydrogen) atoms. The molecule has 3 aliphatic rings. The Bertz CT molecular complexity index is 683. The van der Waals surface area contributed by atoms with Gasteiger partial charge in [-0.1, -0.05) is 51.0 Å². The number of hydrogen-bond donors (Lipinski definition) is 3. The molecular weight excluding hydrogens is 372 g/mol. The molecule has 3 rings (SSSR count). The molecule has 0 aromatic heterocycles. The number of aliphatic hydroxyl groups is 3. The fourth-order valence-corrected chi connectivity index (χ4v) is 6.74. The molecular formula is C27H44O3. The van der Waals surface area contributed by atoms with Crippen molar-refractivity contribution in [3.8, 4) is 0 Å². The summed E-state index contributed by atoms with van der Waals surface area (Å²) >= 11 is 0. The van der Waals surface area contributed by atoms with Gasteiger partial charge in [-0.15, -0.1) is 0 Å². The fraction of sp³-hybridized carbons (Fsp3) is 0.778. The van der Waals surface area contributed by atoms with Crippen molar-refractivity contribution < 1.29 is 15.3 Å². The Hall–Kier alpha value is -0.900. The molecule has 170 valence electrons. The molecule has 3 nitrogen and oxygen atoms in total. The lowest BCUT2D eigenvalue weighted by molar-refractivity contribution is 0.0596. The summed E-state index contributed by atoms with van der Waals surface area (Å²) in [7, 11) is 0. The number of rotatable bonds is 6. The van der Waals surface area contributed by atoms with Gasteiger partial charge in [0.2, 0.25) is 0 Å². The molecule has 0 spiro atoms. The molecule has 0 heterocycles. The lowest BCUT2D eigenvalue weighted by Gasteiger charge is -2.44. The van der Waals surface area contributed by atoms with Gasteiger partial charge in [0.15, 0.2) is 0 Å². The zero-order valence-corrected chi connectivity index (χ0v) is 19.7. The second-order valence-electron chi connectivity index (χ2n) is 11.3. The first kappa shape index (κ1) is 23.8. The highest BCUT2D eigenvalue weighted by Crippen LogP contribution is 2.60. The molecule has 0 amide bonds. The van der Waals surface area contributed by atoms with Gasteiger partial charge < -0.3 is 15.3 Å². The van der Waals surface area contributed by atoms with Gasteiger partial charge in [0.25, 0.3) is 0 Å². The van der Waals surface area contributed by atoms with Crippen LogP contribution < -0.4 is 0 Å². The van der Waals surface area contributed by atoms with Gasteiger partial charge in [-0.25, -0.2) is 0 Å². The van der Waals surface area contributed by atoms with Crippen LogP contribution in [0.1, 0.15) is 91.9 Å². The minimum atomic E-state index is -0.615. The highest BCUT2D eigenvalue weighted by atomic mass is 16.3. The summed E-state index contributed by atoms with van der Waals surface area (Å²) in [6.07, 6.45) is 13.9. The normalized spacial score (nSPS) is 38.8. The molecule has 3 aliphatic carbocycles. The van der Waals surface area contributed by atoms with E-state index in [2.05, 4.69) is 32.6 Å². The van der Waals surface area contributed by atoms with Crippen molar-refractivity contribution >= 4 is 0 Å². The Morgan fingerprint density at radius 2 is 1.97 bits per heavy atom. The number of fused-ring (bicyclic) bond motifs is 1. The quantitative estimate of drug-likeness (QED) is 0.520. The third-order valence-corrected chi connectivity index (χ3v) is 8.44. The molecule has 0 aromatic carbocycles. The zero-order valence-electron chi connectivity index (χ0n) is 19.7. The SMILES string of the molecule is C=C1/C(=C\C=C2CCC[C@]3(C)[C@@H]([C@H](C)CCCC(C)(C)O)CC[C@@H]23)C[C@H](O)C[C@@H]1O. The molecule has 0 unspecified atom stereocenters. The smallest absolute Gasteiger partial charge is 0.0811 e. The number of hydrogen-bond acceptors (Lipinski definition) is 3. The largest absolute Gasteiger partial charge is 0.393 e. The van der Waals surface area contributed by atoms with Gasteiger partial charge in [-0.3, -0.25) is 0 Å². The van der Waals surface area contributed by atoms with Crippen molar-refractivity contribution in [2.75, 3.05) is 0 Å². The Labute approximate surface area is 184 Å². The second-order valence-corrected chi connectivity index (χ2v) is 11.3. The van der Waals surface area contributed by atoms with Crippen LogP contribution in [-0.4, -0.2) is 33.1 Å². The molecule has 0 radical (unpaired) electrons. The predicted molar refractivity (Wildman–Crippen MR) is 124 cm³/mol. The first-order chi connectivity index (χ1) is 14.0. The van der Waals surface area contributed by atoms with Crippen LogP contribution in [0.2, 0.25) is 0 Å². The van der Waals surface area contributed by atoms with E-state index in [9.17, 15) is 15.3 Å². The first-order valence-electron chi connectivity index (χ1n) is 12.2. The monoisotopic (exact) mass is 416 g/mol. The minimum Gasteiger partial charge on any atom is -0.393 e. The Morgan fingerprint density at radius 3 is 2.67 bits per heavy atom. The molecule has 0 aliphatic heterocycles. The second kappa shape index (κ2) is 9.30. The first-order valence-corrected chi connectivity index (χ1v) is 12.2. The maximum absolute atomic E-state index is 10.1. The summed E-state index contributed by atoms with van der Waals surface area (Å²) in [6.45, 7) is 12.8.